The lowest BCUT2D eigenvalue weighted by Gasteiger charge is -2.14. The van der Waals surface area contributed by atoms with Crippen molar-refractivity contribution in [2.24, 2.45) is 14.1 Å². The van der Waals surface area contributed by atoms with Crippen LogP contribution in [-0.2, 0) is 20.6 Å². The first-order valence-electron chi connectivity index (χ1n) is 11.7. The Morgan fingerprint density at radius 2 is 1.75 bits per heavy atom. The highest BCUT2D eigenvalue weighted by molar-refractivity contribution is 6.29. The van der Waals surface area contributed by atoms with Crippen molar-refractivity contribution in [3.05, 3.63) is 82.1 Å². The molecule has 7 nitrogen and oxygen atoms in total. The van der Waals surface area contributed by atoms with Crippen LogP contribution in [0.15, 0.2) is 48.7 Å². The van der Waals surface area contributed by atoms with E-state index < -0.39 is 0 Å². The molecule has 0 aliphatic carbocycles. The minimum atomic E-state index is -0.264. The number of fused-ring (bicyclic) bond motifs is 1. The summed E-state index contributed by atoms with van der Waals surface area (Å²) >= 11 is 6.04. The maximum absolute atomic E-state index is 14.7. The summed E-state index contributed by atoms with van der Waals surface area (Å²) in [6.45, 7) is 6.27. The second kappa shape index (κ2) is 9.02. The molecule has 1 N–H and O–H groups in total. The molecule has 3 aromatic heterocycles. The summed E-state index contributed by atoms with van der Waals surface area (Å²) in [6.07, 6.45) is 1.77. The molecule has 0 aliphatic heterocycles. The lowest BCUT2D eigenvalue weighted by Crippen LogP contribution is -2.23. The first kappa shape index (κ1) is 23.9. The molecule has 0 aliphatic rings. The van der Waals surface area contributed by atoms with Gasteiger partial charge in [-0.05, 0) is 24.5 Å². The van der Waals surface area contributed by atoms with E-state index in [2.05, 4.69) is 4.98 Å². The molecule has 0 unspecified atom stereocenters. The maximum Gasteiger partial charge on any atom is 0.204 e. The van der Waals surface area contributed by atoms with Gasteiger partial charge in [-0.1, -0.05) is 61.8 Å². The van der Waals surface area contributed by atoms with Crippen LogP contribution in [0.5, 0.6) is 0 Å². The van der Waals surface area contributed by atoms with Crippen molar-refractivity contribution < 1.29 is 4.39 Å². The zero-order valence-electron chi connectivity index (χ0n) is 20.8. The van der Waals surface area contributed by atoms with Gasteiger partial charge < -0.3 is 9.13 Å². The molecule has 0 spiro atoms. The van der Waals surface area contributed by atoms with Gasteiger partial charge in [0.15, 0.2) is 11.5 Å². The van der Waals surface area contributed by atoms with Gasteiger partial charge in [-0.3, -0.25) is 9.98 Å². The van der Waals surface area contributed by atoms with Crippen molar-refractivity contribution in [3.63, 3.8) is 0 Å². The van der Waals surface area contributed by atoms with Gasteiger partial charge in [0.1, 0.15) is 22.3 Å². The molecule has 9 heteroatoms. The molecule has 184 valence electrons. The van der Waals surface area contributed by atoms with Crippen LogP contribution in [0.2, 0.25) is 5.15 Å². The van der Waals surface area contributed by atoms with Gasteiger partial charge in [-0.25, -0.2) is 19.3 Å². The van der Waals surface area contributed by atoms with Crippen molar-refractivity contribution in [1.29, 1.82) is 5.41 Å². The fourth-order valence-electron chi connectivity index (χ4n) is 4.75. The molecular weight excluding hydrogens is 477 g/mol. The Bertz CT molecular complexity index is 1660. The number of hydrogen-bond donors (Lipinski definition) is 1. The van der Waals surface area contributed by atoms with Crippen LogP contribution in [0.3, 0.4) is 0 Å². The third-order valence-electron chi connectivity index (χ3n) is 6.48. The number of rotatable bonds is 5. The molecule has 2 aromatic carbocycles. The summed E-state index contributed by atoms with van der Waals surface area (Å²) in [5, 5.41) is 9.22. The van der Waals surface area contributed by atoms with Crippen molar-refractivity contribution in [1.82, 2.24) is 28.7 Å². The molecule has 5 rings (SSSR count). The number of benzene rings is 2. The summed E-state index contributed by atoms with van der Waals surface area (Å²) in [5.41, 5.74) is 5.71. The maximum atomic E-state index is 14.7. The van der Waals surface area contributed by atoms with Gasteiger partial charge in [0, 0.05) is 37.0 Å². The van der Waals surface area contributed by atoms with Crippen molar-refractivity contribution >= 4 is 22.8 Å². The topological polar surface area (TPSA) is 77.3 Å². The summed E-state index contributed by atoms with van der Waals surface area (Å²) < 4.78 is 20.2. The zero-order valence-corrected chi connectivity index (χ0v) is 21.6. The Kier molecular flexibility index (Phi) is 6.00. The summed E-state index contributed by atoms with van der Waals surface area (Å²) in [5.74, 6) is 0.960. The highest BCUT2D eigenvalue weighted by Gasteiger charge is 2.20. The fourth-order valence-corrected chi connectivity index (χ4v) is 4.98. The largest absolute Gasteiger partial charge is 0.332 e. The predicted molar refractivity (Wildman–Crippen MR) is 139 cm³/mol. The SMILES string of the molecule is Cc1nc(-c2cccc(F)c2C(C)C)nc2c1n(C)c(=N)n2Cc1ccc(-c2nc(Cl)cn2C)cc1. The summed E-state index contributed by atoms with van der Waals surface area (Å²) in [4.78, 5) is 14.0. The number of hydrogen-bond acceptors (Lipinski definition) is 4. The molecule has 36 heavy (non-hydrogen) atoms. The van der Waals surface area contributed by atoms with Gasteiger partial charge in [-0.15, -0.1) is 0 Å². The Hall–Kier alpha value is -3.78. The smallest absolute Gasteiger partial charge is 0.204 e. The van der Waals surface area contributed by atoms with Crippen LogP contribution < -0.4 is 5.62 Å². The number of aryl methyl sites for hydroxylation is 3. The van der Waals surface area contributed by atoms with Crippen LogP contribution in [0.1, 0.15) is 36.6 Å². The molecule has 0 atom stereocenters. The zero-order chi connectivity index (χ0) is 25.7. The minimum Gasteiger partial charge on any atom is -0.332 e. The molecule has 0 radical (unpaired) electrons. The molecule has 0 fully saturated rings. The molecule has 0 amide bonds. The first-order chi connectivity index (χ1) is 17.2. The van der Waals surface area contributed by atoms with E-state index in [9.17, 15) is 4.39 Å². The fraction of sp³-hybridized carbons (Fsp3) is 0.259. The van der Waals surface area contributed by atoms with Gasteiger partial charge >= 0.3 is 0 Å². The highest BCUT2D eigenvalue weighted by Crippen LogP contribution is 2.31. The van der Waals surface area contributed by atoms with E-state index >= 15 is 0 Å². The molecular formula is C27H27ClFN7. The third kappa shape index (κ3) is 4.01. The van der Waals surface area contributed by atoms with E-state index in [4.69, 9.17) is 27.0 Å². The Labute approximate surface area is 213 Å². The van der Waals surface area contributed by atoms with Crippen molar-refractivity contribution in [2.75, 3.05) is 0 Å². The van der Waals surface area contributed by atoms with E-state index in [0.717, 1.165) is 28.2 Å². The summed E-state index contributed by atoms with van der Waals surface area (Å²) in [7, 11) is 3.75. The van der Waals surface area contributed by atoms with Crippen LogP contribution in [-0.4, -0.2) is 28.7 Å². The molecule has 0 saturated carbocycles. The second-order valence-corrected chi connectivity index (χ2v) is 9.71. The lowest BCUT2D eigenvalue weighted by molar-refractivity contribution is 0.599. The second-order valence-electron chi connectivity index (χ2n) is 9.32. The number of aromatic nitrogens is 6. The predicted octanol–water partition coefficient (Wildman–Crippen LogP) is 5.59. The van der Waals surface area contributed by atoms with Crippen molar-refractivity contribution in [3.8, 4) is 22.8 Å². The third-order valence-corrected chi connectivity index (χ3v) is 6.66. The van der Waals surface area contributed by atoms with E-state index in [1.807, 2.05) is 74.3 Å². The average Bonchev–Trinajstić information content (AvgIpc) is 3.29. The van der Waals surface area contributed by atoms with Gasteiger partial charge in [0.2, 0.25) is 5.62 Å². The van der Waals surface area contributed by atoms with E-state index in [1.54, 1.807) is 16.8 Å². The number of imidazole rings is 2. The minimum absolute atomic E-state index is 0.0254. The first-order valence-corrected chi connectivity index (χ1v) is 12.1. The Balaban J connectivity index is 1.60. The molecule has 5 aromatic rings. The number of halogens is 2. The molecule has 0 saturated heterocycles. The van der Waals surface area contributed by atoms with Crippen molar-refractivity contribution in [2.45, 2.75) is 33.2 Å². The van der Waals surface area contributed by atoms with Gasteiger partial charge in [-0.2, -0.15) is 0 Å². The average molecular weight is 504 g/mol. The van der Waals surface area contributed by atoms with E-state index in [-0.39, 0.29) is 11.7 Å². The van der Waals surface area contributed by atoms with Gasteiger partial charge in [0.25, 0.3) is 0 Å². The molecule has 0 bridgehead atoms. The van der Waals surface area contributed by atoms with Gasteiger partial charge in [0.05, 0.1) is 12.2 Å². The van der Waals surface area contributed by atoms with Crippen LogP contribution in [0.25, 0.3) is 33.9 Å². The number of nitrogens with one attached hydrogen (secondary N) is 1. The molecule has 3 heterocycles. The van der Waals surface area contributed by atoms with Crippen LogP contribution in [0.4, 0.5) is 4.39 Å². The van der Waals surface area contributed by atoms with E-state index in [1.165, 1.54) is 6.07 Å². The highest BCUT2D eigenvalue weighted by atomic mass is 35.5. The Morgan fingerprint density at radius 3 is 2.39 bits per heavy atom. The Morgan fingerprint density at radius 1 is 1.03 bits per heavy atom. The normalized spacial score (nSPS) is 11.7. The van der Waals surface area contributed by atoms with Crippen LogP contribution in [0, 0.1) is 18.2 Å². The number of nitrogens with zero attached hydrogens (tertiary/aromatic N) is 6. The standard InChI is InChI=1S/C27H27ClFN7/c1-15(2)22-19(7-6-8-20(22)29)24-31-16(3)23-26(33-24)36(27(30)35(23)5)13-17-9-11-18(12-10-17)25-32-21(28)14-34(25)4/h6-12,14-15,30H,13H2,1-5H3. The quantitative estimate of drug-likeness (QED) is 0.339. The van der Waals surface area contributed by atoms with Crippen LogP contribution >= 0.6 is 11.6 Å². The van der Waals surface area contributed by atoms with E-state index in [0.29, 0.717) is 39.9 Å². The lowest BCUT2D eigenvalue weighted by atomic mass is 9.96. The summed E-state index contributed by atoms with van der Waals surface area (Å²) in [6, 6.07) is 13.0. The monoisotopic (exact) mass is 503 g/mol.